The van der Waals surface area contributed by atoms with Crippen LogP contribution in [0.2, 0.25) is 0 Å². The molecular weight excluding hydrogens is 242 g/mol. The van der Waals surface area contributed by atoms with E-state index in [4.69, 9.17) is 14.9 Å². The van der Waals surface area contributed by atoms with Crippen molar-refractivity contribution in [2.45, 2.75) is 20.3 Å². The van der Waals surface area contributed by atoms with Crippen molar-refractivity contribution < 1.29 is 9.15 Å². The van der Waals surface area contributed by atoms with Crippen LogP contribution in [-0.2, 0) is 4.74 Å². The SMILES string of the molecule is COCCC(C)(C)CNc1nc2cc(N)ccc2o1. The number of methoxy groups -OCH3 is 1. The molecule has 0 aliphatic carbocycles. The summed E-state index contributed by atoms with van der Waals surface area (Å²) in [6.07, 6.45) is 0.976. The van der Waals surface area contributed by atoms with Gasteiger partial charge in [0.05, 0.1) is 0 Å². The molecule has 0 aliphatic heterocycles. The van der Waals surface area contributed by atoms with Crippen LogP contribution in [0.5, 0.6) is 0 Å². The summed E-state index contributed by atoms with van der Waals surface area (Å²) in [5.41, 5.74) is 8.04. The Labute approximate surface area is 113 Å². The first-order valence-electron chi connectivity index (χ1n) is 6.39. The van der Waals surface area contributed by atoms with E-state index in [-0.39, 0.29) is 5.41 Å². The summed E-state index contributed by atoms with van der Waals surface area (Å²) in [5.74, 6) is 0. The number of nitrogen functional groups attached to an aromatic ring is 1. The van der Waals surface area contributed by atoms with Gasteiger partial charge in [-0.15, -0.1) is 0 Å². The molecule has 0 amide bonds. The number of aromatic nitrogens is 1. The van der Waals surface area contributed by atoms with Gasteiger partial charge in [-0.3, -0.25) is 0 Å². The maximum Gasteiger partial charge on any atom is 0.295 e. The van der Waals surface area contributed by atoms with E-state index in [1.807, 2.05) is 6.07 Å². The third-order valence-electron chi connectivity index (χ3n) is 3.11. The number of nitrogens with zero attached hydrogens (tertiary/aromatic N) is 1. The number of ether oxygens (including phenoxy) is 1. The molecule has 104 valence electrons. The Kier molecular flexibility index (Phi) is 3.95. The number of anilines is 2. The van der Waals surface area contributed by atoms with Gasteiger partial charge in [0.2, 0.25) is 0 Å². The first kappa shape index (κ1) is 13.7. The molecule has 5 heteroatoms. The molecule has 0 unspecified atom stereocenters. The number of rotatable bonds is 6. The lowest BCUT2D eigenvalue weighted by molar-refractivity contribution is 0.156. The highest BCUT2D eigenvalue weighted by molar-refractivity contribution is 5.78. The zero-order valence-electron chi connectivity index (χ0n) is 11.7. The van der Waals surface area contributed by atoms with Crippen LogP contribution in [-0.4, -0.2) is 25.2 Å². The predicted octanol–water partition coefficient (Wildman–Crippen LogP) is 2.88. The van der Waals surface area contributed by atoms with Crippen molar-refractivity contribution >= 4 is 22.8 Å². The van der Waals surface area contributed by atoms with Crippen LogP contribution in [0.4, 0.5) is 11.7 Å². The molecule has 1 aromatic heterocycles. The first-order valence-corrected chi connectivity index (χ1v) is 6.39. The third kappa shape index (κ3) is 3.61. The van der Waals surface area contributed by atoms with Crippen LogP contribution < -0.4 is 11.1 Å². The highest BCUT2D eigenvalue weighted by Crippen LogP contribution is 2.24. The Hall–Kier alpha value is -1.75. The van der Waals surface area contributed by atoms with Crippen molar-refractivity contribution in [3.05, 3.63) is 18.2 Å². The number of benzene rings is 1. The van der Waals surface area contributed by atoms with Crippen LogP contribution in [0.25, 0.3) is 11.1 Å². The van der Waals surface area contributed by atoms with E-state index < -0.39 is 0 Å². The van der Waals surface area contributed by atoms with Crippen molar-refractivity contribution in [3.63, 3.8) is 0 Å². The minimum atomic E-state index is 0.121. The van der Waals surface area contributed by atoms with Crippen LogP contribution >= 0.6 is 0 Å². The van der Waals surface area contributed by atoms with E-state index in [9.17, 15) is 0 Å². The van der Waals surface area contributed by atoms with Crippen molar-refractivity contribution in [3.8, 4) is 0 Å². The Morgan fingerprint density at radius 1 is 1.42 bits per heavy atom. The molecule has 2 aromatic rings. The second kappa shape index (κ2) is 5.48. The Morgan fingerprint density at radius 3 is 2.95 bits per heavy atom. The molecule has 0 saturated heterocycles. The third-order valence-corrected chi connectivity index (χ3v) is 3.11. The second-order valence-corrected chi connectivity index (χ2v) is 5.51. The van der Waals surface area contributed by atoms with Crippen molar-refractivity contribution in [2.75, 3.05) is 31.3 Å². The van der Waals surface area contributed by atoms with Crippen LogP contribution in [0.15, 0.2) is 22.6 Å². The number of hydrogen-bond donors (Lipinski definition) is 2. The van der Waals surface area contributed by atoms with E-state index in [2.05, 4.69) is 24.1 Å². The molecule has 0 spiro atoms. The summed E-state index contributed by atoms with van der Waals surface area (Å²) in [7, 11) is 1.72. The summed E-state index contributed by atoms with van der Waals surface area (Å²) in [5, 5.41) is 3.23. The highest BCUT2D eigenvalue weighted by atomic mass is 16.5. The van der Waals surface area contributed by atoms with E-state index in [1.54, 1.807) is 19.2 Å². The minimum Gasteiger partial charge on any atom is -0.424 e. The summed E-state index contributed by atoms with van der Waals surface area (Å²) in [4.78, 5) is 4.37. The normalized spacial score (nSPS) is 11.9. The summed E-state index contributed by atoms with van der Waals surface area (Å²) in [6, 6.07) is 5.98. The Bertz CT molecular complexity index is 549. The average Bonchev–Trinajstić information content (AvgIpc) is 2.76. The van der Waals surface area contributed by atoms with Gasteiger partial charge in [0.15, 0.2) is 5.58 Å². The first-order chi connectivity index (χ1) is 9.00. The molecule has 0 atom stereocenters. The number of oxazole rings is 1. The maximum atomic E-state index is 5.72. The van der Waals surface area contributed by atoms with Crippen LogP contribution in [0.1, 0.15) is 20.3 Å². The largest absolute Gasteiger partial charge is 0.424 e. The molecule has 5 nitrogen and oxygen atoms in total. The van der Waals surface area contributed by atoms with Gasteiger partial charge in [-0.2, -0.15) is 4.98 Å². The number of nitrogens with one attached hydrogen (secondary N) is 1. The van der Waals surface area contributed by atoms with Gasteiger partial charge >= 0.3 is 0 Å². The van der Waals surface area contributed by atoms with Gasteiger partial charge in [-0.05, 0) is 30.0 Å². The molecule has 0 radical (unpaired) electrons. The van der Waals surface area contributed by atoms with Gasteiger partial charge in [0.25, 0.3) is 6.01 Å². The lowest BCUT2D eigenvalue weighted by Crippen LogP contribution is -2.24. The van der Waals surface area contributed by atoms with E-state index in [0.717, 1.165) is 30.7 Å². The molecule has 3 N–H and O–H groups in total. The monoisotopic (exact) mass is 263 g/mol. The van der Waals surface area contributed by atoms with E-state index >= 15 is 0 Å². The van der Waals surface area contributed by atoms with Crippen molar-refractivity contribution in [2.24, 2.45) is 5.41 Å². The molecule has 19 heavy (non-hydrogen) atoms. The zero-order valence-corrected chi connectivity index (χ0v) is 11.7. The number of fused-ring (bicyclic) bond motifs is 1. The molecule has 1 aromatic carbocycles. The summed E-state index contributed by atoms with van der Waals surface area (Å²) >= 11 is 0. The van der Waals surface area contributed by atoms with E-state index in [1.165, 1.54) is 0 Å². The molecule has 2 rings (SSSR count). The molecule has 0 fully saturated rings. The van der Waals surface area contributed by atoms with Crippen LogP contribution in [0, 0.1) is 5.41 Å². The lowest BCUT2D eigenvalue weighted by Gasteiger charge is -2.23. The lowest BCUT2D eigenvalue weighted by atomic mass is 9.90. The fourth-order valence-electron chi connectivity index (χ4n) is 1.80. The van der Waals surface area contributed by atoms with Crippen molar-refractivity contribution in [1.29, 1.82) is 0 Å². The number of nitrogens with two attached hydrogens (primary N) is 1. The van der Waals surface area contributed by atoms with Crippen molar-refractivity contribution in [1.82, 2.24) is 4.98 Å². The standard InChI is InChI=1S/C14H21N3O2/c1-14(2,6-7-18-3)9-16-13-17-11-8-10(15)4-5-12(11)19-13/h4-5,8H,6-7,9,15H2,1-3H3,(H,16,17). The molecule has 0 bridgehead atoms. The average molecular weight is 263 g/mol. The van der Waals surface area contributed by atoms with Gasteiger partial charge in [0, 0.05) is 25.9 Å². The zero-order chi connectivity index (χ0) is 13.9. The minimum absolute atomic E-state index is 0.121. The molecule has 0 aliphatic rings. The highest BCUT2D eigenvalue weighted by Gasteiger charge is 2.18. The topological polar surface area (TPSA) is 73.3 Å². The fourth-order valence-corrected chi connectivity index (χ4v) is 1.80. The van der Waals surface area contributed by atoms with Gasteiger partial charge in [-0.25, -0.2) is 0 Å². The second-order valence-electron chi connectivity index (χ2n) is 5.51. The van der Waals surface area contributed by atoms with E-state index in [0.29, 0.717) is 11.7 Å². The molecular formula is C14H21N3O2. The quantitative estimate of drug-likeness (QED) is 0.784. The number of hydrogen-bond acceptors (Lipinski definition) is 5. The van der Waals surface area contributed by atoms with Gasteiger partial charge in [0.1, 0.15) is 5.52 Å². The van der Waals surface area contributed by atoms with Gasteiger partial charge < -0.3 is 20.2 Å². The molecule has 1 heterocycles. The summed E-state index contributed by atoms with van der Waals surface area (Å²) in [6.45, 7) is 5.89. The predicted molar refractivity (Wildman–Crippen MR) is 77.2 cm³/mol. The van der Waals surface area contributed by atoms with Gasteiger partial charge in [-0.1, -0.05) is 13.8 Å². The Morgan fingerprint density at radius 2 is 2.21 bits per heavy atom. The molecule has 0 saturated carbocycles. The smallest absolute Gasteiger partial charge is 0.295 e. The maximum absolute atomic E-state index is 5.72. The fraction of sp³-hybridized carbons (Fsp3) is 0.500. The summed E-state index contributed by atoms with van der Waals surface area (Å²) < 4.78 is 10.7. The van der Waals surface area contributed by atoms with Crippen LogP contribution in [0.3, 0.4) is 0 Å². The Balaban J connectivity index is 2.01.